The number of hydrogen-bond donors (Lipinski definition) is 3. The Bertz CT molecular complexity index is 639. The molecule has 0 saturated heterocycles. The summed E-state index contributed by atoms with van der Waals surface area (Å²) < 4.78 is 1.53. The monoisotopic (exact) mass is 277 g/mol. The smallest absolute Gasteiger partial charge is 0.300 e. The Morgan fingerprint density at radius 3 is 2.25 bits per heavy atom. The van der Waals surface area contributed by atoms with Gasteiger partial charge in [0.15, 0.2) is 0 Å². The fourth-order valence-electron chi connectivity index (χ4n) is 1.44. The summed E-state index contributed by atoms with van der Waals surface area (Å²) in [6.45, 7) is 2.48. The number of amides is 1. The van der Waals surface area contributed by atoms with Crippen LogP contribution in [0.1, 0.15) is 13.8 Å². The number of carbonyl (C=O) groups excluding carboxylic acids is 1. The Labute approximate surface area is 114 Å². The lowest BCUT2D eigenvalue weighted by Gasteiger charge is -2.07. The van der Waals surface area contributed by atoms with E-state index in [9.17, 15) is 9.59 Å². The highest BCUT2D eigenvalue weighted by Gasteiger charge is 2.06. The van der Waals surface area contributed by atoms with Crippen molar-refractivity contribution in [2.45, 2.75) is 13.8 Å². The molecule has 0 unspecified atom stereocenters. The molecule has 2 aromatic rings. The summed E-state index contributed by atoms with van der Waals surface area (Å²) in [5.41, 5.74) is 0.529. The number of nitrogens with zero attached hydrogens (tertiary/aromatic N) is 1. The van der Waals surface area contributed by atoms with Gasteiger partial charge < -0.3 is 10.4 Å². The first kappa shape index (κ1) is 15.2. The van der Waals surface area contributed by atoms with Gasteiger partial charge in [-0.1, -0.05) is 18.2 Å². The summed E-state index contributed by atoms with van der Waals surface area (Å²) >= 11 is 0. The summed E-state index contributed by atoms with van der Waals surface area (Å²) in [7, 11) is 0. The maximum atomic E-state index is 11.2. The van der Waals surface area contributed by atoms with Crippen LogP contribution in [0.25, 0.3) is 5.69 Å². The van der Waals surface area contributed by atoms with E-state index >= 15 is 0 Å². The highest BCUT2D eigenvalue weighted by atomic mass is 16.4. The second-order valence-electron chi connectivity index (χ2n) is 3.88. The van der Waals surface area contributed by atoms with Crippen LogP contribution in [0, 0.1) is 0 Å². The molecule has 1 aromatic carbocycles. The van der Waals surface area contributed by atoms with Crippen molar-refractivity contribution >= 4 is 17.7 Å². The number of benzene rings is 1. The molecule has 0 spiro atoms. The predicted octanol–water partition coefficient (Wildman–Crippen LogP) is 1.21. The van der Waals surface area contributed by atoms with Gasteiger partial charge in [0, 0.05) is 19.9 Å². The fraction of sp³-hybridized carbons (Fsp3) is 0.154. The molecule has 0 aliphatic heterocycles. The average Bonchev–Trinajstić information content (AvgIpc) is 2.69. The topological polar surface area (TPSA) is 104 Å². The summed E-state index contributed by atoms with van der Waals surface area (Å²) in [5.74, 6) is -0.618. The molecule has 0 fully saturated rings. The third-order valence-corrected chi connectivity index (χ3v) is 2.05. The number of aliphatic carboxylic acids is 1. The normalized spacial score (nSPS) is 9.30. The van der Waals surface area contributed by atoms with Gasteiger partial charge in [0.1, 0.15) is 5.82 Å². The zero-order chi connectivity index (χ0) is 15.1. The van der Waals surface area contributed by atoms with Gasteiger partial charge >= 0.3 is 0 Å². The van der Waals surface area contributed by atoms with Gasteiger partial charge in [-0.15, -0.1) is 0 Å². The maximum absolute atomic E-state index is 11.2. The van der Waals surface area contributed by atoms with Crippen molar-refractivity contribution in [3.05, 3.63) is 46.8 Å². The highest BCUT2D eigenvalue weighted by Crippen LogP contribution is 2.11. The quantitative estimate of drug-likeness (QED) is 0.767. The first-order valence-electron chi connectivity index (χ1n) is 5.74. The van der Waals surface area contributed by atoms with E-state index in [1.807, 2.05) is 30.3 Å². The van der Waals surface area contributed by atoms with Crippen LogP contribution in [0.2, 0.25) is 0 Å². The summed E-state index contributed by atoms with van der Waals surface area (Å²) in [4.78, 5) is 31.2. The van der Waals surface area contributed by atoms with Crippen molar-refractivity contribution in [1.29, 1.82) is 0 Å². The molecule has 7 nitrogen and oxygen atoms in total. The molecule has 0 aliphatic rings. The fourth-order valence-corrected chi connectivity index (χ4v) is 1.44. The Balaban J connectivity index is 0.000000444. The standard InChI is InChI=1S/C11H11N3O2.C2H4O2/c1-8(15)12-10-7-11(16)13-14(10)9-5-3-2-4-6-9;1-2(3)4/h2-7H,1H3,(H,12,15)(H,13,16);1H3,(H,3,4). The minimum atomic E-state index is -0.833. The number of para-hydroxylation sites is 1. The molecular weight excluding hydrogens is 262 g/mol. The van der Waals surface area contributed by atoms with Crippen LogP contribution in [0.3, 0.4) is 0 Å². The Kier molecular flexibility index (Phi) is 5.28. The number of hydrogen-bond acceptors (Lipinski definition) is 3. The molecule has 0 bridgehead atoms. The molecule has 0 radical (unpaired) electrons. The van der Waals surface area contributed by atoms with E-state index in [2.05, 4.69) is 10.4 Å². The van der Waals surface area contributed by atoms with E-state index < -0.39 is 5.97 Å². The number of rotatable bonds is 2. The molecule has 1 heterocycles. The minimum Gasteiger partial charge on any atom is -0.481 e. The summed E-state index contributed by atoms with van der Waals surface area (Å²) in [5, 5.41) is 12.6. The SMILES string of the molecule is CC(=O)Nc1cc(=O)[nH]n1-c1ccccc1.CC(=O)O. The molecule has 1 aromatic heterocycles. The molecule has 0 aliphatic carbocycles. The van der Waals surface area contributed by atoms with Crippen molar-refractivity contribution in [1.82, 2.24) is 9.78 Å². The second-order valence-corrected chi connectivity index (χ2v) is 3.88. The number of carboxylic acids is 1. The van der Waals surface area contributed by atoms with Crippen LogP contribution in [0.15, 0.2) is 41.2 Å². The first-order chi connectivity index (χ1) is 9.40. The van der Waals surface area contributed by atoms with Gasteiger partial charge in [0.2, 0.25) is 5.91 Å². The van der Waals surface area contributed by atoms with Crippen molar-refractivity contribution in [2.75, 3.05) is 5.32 Å². The number of anilines is 1. The molecule has 0 atom stereocenters. The van der Waals surface area contributed by atoms with E-state index in [-0.39, 0.29) is 11.5 Å². The van der Waals surface area contributed by atoms with Crippen molar-refractivity contribution in [3.63, 3.8) is 0 Å². The van der Waals surface area contributed by atoms with E-state index in [0.717, 1.165) is 12.6 Å². The van der Waals surface area contributed by atoms with Crippen molar-refractivity contribution in [2.24, 2.45) is 0 Å². The van der Waals surface area contributed by atoms with Gasteiger partial charge in [-0.05, 0) is 12.1 Å². The van der Waals surface area contributed by atoms with Crippen molar-refractivity contribution in [3.8, 4) is 5.69 Å². The lowest BCUT2D eigenvalue weighted by Crippen LogP contribution is -2.11. The van der Waals surface area contributed by atoms with Gasteiger partial charge in [0.05, 0.1) is 5.69 Å². The predicted molar refractivity (Wildman–Crippen MR) is 74.0 cm³/mol. The van der Waals surface area contributed by atoms with E-state index in [0.29, 0.717) is 5.82 Å². The molecule has 7 heteroatoms. The highest BCUT2D eigenvalue weighted by molar-refractivity contribution is 5.87. The molecule has 1 amide bonds. The second kappa shape index (κ2) is 6.93. The zero-order valence-electron chi connectivity index (χ0n) is 11.1. The van der Waals surface area contributed by atoms with Gasteiger partial charge in [-0.2, -0.15) is 0 Å². The van der Waals surface area contributed by atoms with E-state index in [1.165, 1.54) is 17.7 Å². The number of carboxylic acid groups (broad SMARTS) is 1. The number of nitrogens with one attached hydrogen (secondary N) is 2. The molecular formula is C13H15N3O4. The lowest BCUT2D eigenvalue weighted by molar-refractivity contribution is -0.134. The van der Waals surface area contributed by atoms with Crippen LogP contribution in [-0.2, 0) is 9.59 Å². The Morgan fingerprint density at radius 1 is 1.20 bits per heavy atom. The maximum Gasteiger partial charge on any atom is 0.300 e. The molecule has 2 rings (SSSR count). The van der Waals surface area contributed by atoms with E-state index in [4.69, 9.17) is 9.90 Å². The van der Waals surface area contributed by atoms with Crippen LogP contribution < -0.4 is 10.9 Å². The molecule has 3 N–H and O–H groups in total. The Morgan fingerprint density at radius 2 is 1.75 bits per heavy atom. The number of aromatic nitrogens is 2. The van der Waals surface area contributed by atoms with Crippen LogP contribution in [-0.4, -0.2) is 26.8 Å². The summed E-state index contributed by atoms with van der Waals surface area (Å²) in [6.07, 6.45) is 0. The summed E-state index contributed by atoms with van der Waals surface area (Å²) in [6, 6.07) is 10.6. The lowest BCUT2D eigenvalue weighted by atomic mass is 10.3. The third kappa shape index (κ3) is 4.81. The van der Waals surface area contributed by atoms with Gasteiger partial charge in [0.25, 0.3) is 11.5 Å². The van der Waals surface area contributed by atoms with E-state index in [1.54, 1.807) is 0 Å². The molecule has 0 saturated carbocycles. The number of carbonyl (C=O) groups is 2. The average molecular weight is 277 g/mol. The molecule has 106 valence electrons. The first-order valence-corrected chi connectivity index (χ1v) is 5.74. The number of aromatic amines is 1. The third-order valence-electron chi connectivity index (χ3n) is 2.05. The number of H-pyrrole nitrogens is 1. The van der Waals surface area contributed by atoms with Crippen LogP contribution in [0.5, 0.6) is 0 Å². The van der Waals surface area contributed by atoms with Crippen molar-refractivity contribution < 1.29 is 14.7 Å². The van der Waals surface area contributed by atoms with Gasteiger partial charge in [-0.3, -0.25) is 19.5 Å². The van der Waals surface area contributed by atoms with Gasteiger partial charge in [-0.25, -0.2) is 4.68 Å². The largest absolute Gasteiger partial charge is 0.481 e. The van der Waals surface area contributed by atoms with Crippen LogP contribution in [0.4, 0.5) is 5.82 Å². The minimum absolute atomic E-state index is 0.219. The zero-order valence-corrected chi connectivity index (χ0v) is 11.1. The molecule has 20 heavy (non-hydrogen) atoms. The Hall–Kier alpha value is -2.83. The van der Waals surface area contributed by atoms with Crippen LogP contribution >= 0.6 is 0 Å².